The van der Waals surface area contributed by atoms with E-state index in [2.05, 4.69) is 47.6 Å². The molecule has 0 radical (unpaired) electrons. The first-order valence-corrected chi connectivity index (χ1v) is 10.2. The Balaban J connectivity index is 1.66. The molecule has 0 spiro atoms. The number of benzene rings is 1. The summed E-state index contributed by atoms with van der Waals surface area (Å²) in [6.07, 6.45) is 8.74. The van der Waals surface area contributed by atoms with Crippen LogP contribution < -0.4 is 5.32 Å². The number of nitrogens with zero attached hydrogens (tertiary/aromatic N) is 4. The van der Waals surface area contributed by atoms with E-state index in [4.69, 9.17) is 4.98 Å². The van der Waals surface area contributed by atoms with E-state index < -0.39 is 0 Å². The van der Waals surface area contributed by atoms with E-state index in [1.807, 2.05) is 42.0 Å². The predicted molar refractivity (Wildman–Crippen MR) is 123 cm³/mol. The van der Waals surface area contributed by atoms with Gasteiger partial charge in [-0.25, -0.2) is 15.0 Å². The minimum Gasteiger partial charge on any atom is -0.349 e. The van der Waals surface area contributed by atoms with E-state index in [-0.39, 0.29) is 17.4 Å². The molecule has 2 N–H and O–H groups in total. The number of amides is 1. The Morgan fingerprint density at radius 3 is 2.81 bits per heavy atom. The van der Waals surface area contributed by atoms with Crippen molar-refractivity contribution in [1.82, 2.24) is 29.8 Å². The van der Waals surface area contributed by atoms with Crippen LogP contribution in [0.4, 0.5) is 0 Å². The van der Waals surface area contributed by atoms with Gasteiger partial charge < -0.3 is 14.9 Å². The average molecular weight is 415 g/mol. The first-order chi connectivity index (χ1) is 14.8. The lowest BCUT2D eigenvalue weighted by molar-refractivity contribution is 0.0911. The lowest BCUT2D eigenvalue weighted by atomic mass is 9.88. The molecular weight excluding hydrogens is 388 g/mol. The molecule has 0 saturated carbocycles. The molecular formula is C24H26N6O. The first-order valence-electron chi connectivity index (χ1n) is 10.2. The lowest BCUT2D eigenvalue weighted by Crippen LogP contribution is -2.41. The van der Waals surface area contributed by atoms with Gasteiger partial charge in [-0.15, -0.1) is 0 Å². The number of rotatable bonds is 5. The molecule has 4 aromatic rings. The van der Waals surface area contributed by atoms with E-state index in [0.717, 1.165) is 11.3 Å². The fraction of sp³-hybridized carbons (Fsp3) is 0.250. The summed E-state index contributed by atoms with van der Waals surface area (Å²) in [6, 6.07) is 7.99. The molecule has 0 saturated heterocycles. The van der Waals surface area contributed by atoms with Crippen LogP contribution in [-0.2, 0) is 0 Å². The monoisotopic (exact) mass is 414 g/mol. The Hall–Kier alpha value is -3.74. The van der Waals surface area contributed by atoms with Crippen molar-refractivity contribution in [2.75, 3.05) is 0 Å². The molecule has 3 aromatic heterocycles. The van der Waals surface area contributed by atoms with E-state index >= 15 is 0 Å². The molecule has 0 aliphatic rings. The van der Waals surface area contributed by atoms with Gasteiger partial charge in [0.25, 0.3) is 5.91 Å². The number of hydrogen-bond acceptors (Lipinski definition) is 4. The van der Waals surface area contributed by atoms with Crippen molar-refractivity contribution in [2.24, 2.45) is 5.41 Å². The molecule has 1 atom stereocenters. The molecule has 158 valence electrons. The van der Waals surface area contributed by atoms with Crippen molar-refractivity contribution in [1.29, 1.82) is 0 Å². The fourth-order valence-corrected chi connectivity index (χ4v) is 3.09. The van der Waals surface area contributed by atoms with E-state index in [1.165, 1.54) is 0 Å². The van der Waals surface area contributed by atoms with Crippen LogP contribution in [0.3, 0.4) is 0 Å². The third kappa shape index (κ3) is 4.12. The third-order valence-corrected chi connectivity index (χ3v) is 5.52. The van der Waals surface area contributed by atoms with Gasteiger partial charge in [-0.3, -0.25) is 4.79 Å². The zero-order valence-electron chi connectivity index (χ0n) is 18.2. The molecule has 0 aliphatic heterocycles. The standard InChI is InChI=1S/C24H26N6O/c1-6-16-8-7-9-17(10-16)30-13-20(27-14-30)19-12-26-22-21(29-19)18(11-25-22)23(31)28-15(2)24(3,4)5/h6-15H,1H2,2-5H3,(H,25,26)(H,28,31). The number of hydrogen-bond donors (Lipinski definition) is 2. The normalized spacial score (nSPS) is 12.6. The van der Waals surface area contributed by atoms with Gasteiger partial charge in [0.2, 0.25) is 0 Å². The van der Waals surface area contributed by atoms with Gasteiger partial charge in [-0.1, -0.05) is 45.6 Å². The zero-order chi connectivity index (χ0) is 22.2. The number of fused-ring (bicyclic) bond motifs is 1. The van der Waals surface area contributed by atoms with Crippen LogP contribution in [0.2, 0.25) is 0 Å². The summed E-state index contributed by atoms with van der Waals surface area (Å²) >= 11 is 0. The number of carbonyl (C=O) groups is 1. The Bertz CT molecular complexity index is 1260. The van der Waals surface area contributed by atoms with E-state index in [9.17, 15) is 4.79 Å². The number of carbonyl (C=O) groups excluding carboxylic acids is 1. The van der Waals surface area contributed by atoms with Crippen LogP contribution in [0.5, 0.6) is 0 Å². The quantitative estimate of drug-likeness (QED) is 0.499. The summed E-state index contributed by atoms with van der Waals surface area (Å²) in [5.41, 5.74) is 4.80. The Labute approximate surface area is 181 Å². The molecule has 4 rings (SSSR count). The van der Waals surface area contributed by atoms with Crippen molar-refractivity contribution < 1.29 is 4.79 Å². The van der Waals surface area contributed by atoms with Crippen molar-refractivity contribution in [2.45, 2.75) is 33.7 Å². The molecule has 1 aromatic carbocycles. The molecule has 1 amide bonds. The van der Waals surface area contributed by atoms with Crippen LogP contribution in [0.25, 0.3) is 34.3 Å². The summed E-state index contributed by atoms with van der Waals surface area (Å²) in [4.78, 5) is 29.5. The minimum atomic E-state index is -0.174. The molecule has 7 heteroatoms. The number of imidazole rings is 1. The Kier molecular flexibility index (Phi) is 5.19. The summed E-state index contributed by atoms with van der Waals surface area (Å²) in [5.74, 6) is -0.174. The van der Waals surface area contributed by atoms with Crippen LogP contribution in [0.1, 0.15) is 43.6 Å². The molecule has 0 bridgehead atoms. The fourth-order valence-electron chi connectivity index (χ4n) is 3.09. The third-order valence-electron chi connectivity index (χ3n) is 5.52. The molecule has 0 aliphatic carbocycles. The predicted octanol–water partition coefficient (Wildman–Crippen LogP) is 4.62. The average Bonchev–Trinajstić information content (AvgIpc) is 3.40. The number of aromatic amines is 1. The summed E-state index contributed by atoms with van der Waals surface area (Å²) in [5, 5.41) is 3.06. The number of aromatic nitrogens is 5. The minimum absolute atomic E-state index is 0.00289. The largest absolute Gasteiger partial charge is 0.349 e. The van der Waals surface area contributed by atoms with Gasteiger partial charge in [0.15, 0.2) is 5.65 Å². The van der Waals surface area contributed by atoms with Gasteiger partial charge in [-0.05, 0) is 30.0 Å². The maximum Gasteiger partial charge on any atom is 0.255 e. The summed E-state index contributed by atoms with van der Waals surface area (Å²) in [6.45, 7) is 12.1. The second kappa shape index (κ2) is 7.83. The van der Waals surface area contributed by atoms with E-state index in [1.54, 1.807) is 24.8 Å². The Morgan fingerprint density at radius 1 is 1.26 bits per heavy atom. The van der Waals surface area contributed by atoms with E-state index in [0.29, 0.717) is 28.1 Å². The van der Waals surface area contributed by atoms with Crippen molar-refractivity contribution in [3.8, 4) is 17.1 Å². The molecule has 0 fully saturated rings. The number of H-pyrrole nitrogens is 1. The molecule has 7 nitrogen and oxygen atoms in total. The van der Waals surface area contributed by atoms with Gasteiger partial charge in [0.1, 0.15) is 16.9 Å². The molecule has 31 heavy (non-hydrogen) atoms. The highest BCUT2D eigenvalue weighted by Gasteiger charge is 2.24. The second-order valence-electron chi connectivity index (χ2n) is 8.68. The highest BCUT2D eigenvalue weighted by Crippen LogP contribution is 2.23. The van der Waals surface area contributed by atoms with Crippen LogP contribution in [0, 0.1) is 5.41 Å². The summed E-state index contributed by atoms with van der Waals surface area (Å²) in [7, 11) is 0. The van der Waals surface area contributed by atoms with Crippen molar-refractivity contribution in [3.05, 3.63) is 66.9 Å². The molecule has 3 heterocycles. The smallest absolute Gasteiger partial charge is 0.255 e. The summed E-state index contributed by atoms with van der Waals surface area (Å²) < 4.78 is 1.92. The number of nitrogens with one attached hydrogen (secondary N) is 2. The highest BCUT2D eigenvalue weighted by atomic mass is 16.1. The lowest BCUT2D eigenvalue weighted by Gasteiger charge is -2.27. The second-order valence-corrected chi connectivity index (χ2v) is 8.68. The molecule has 1 unspecified atom stereocenters. The van der Waals surface area contributed by atoms with Crippen LogP contribution >= 0.6 is 0 Å². The maximum absolute atomic E-state index is 12.8. The van der Waals surface area contributed by atoms with Crippen molar-refractivity contribution >= 4 is 23.1 Å². The maximum atomic E-state index is 12.8. The van der Waals surface area contributed by atoms with Crippen LogP contribution in [-0.4, -0.2) is 36.5 Å². The SMILES string of the molecule is C=Cc1cccc(-n2cnc(-c3cnc4[nH]cc(C(=O)NC(C)C(C)(C)C)c4n3)c2)c1. The topological polar surface area (TPSA) is 88.5 Å². The first kappa shape index (κ1) is 20.5. The van der Waals surface area contributed by atoms with Gasteiger partial charge in [0.05, 0.1) is 18.1 Å². The van der Waals surface area contributed by atoms with Crippen molar-refractivity contribution in [3.63, 3.8) is 0 Å². The van der Waals surface area contributed by atoms with Gasteiger partial charge in [0, 0.05) is 24.1 Å². The zero-order valence-corrected chi connectivity index (χ0v) is 18.2. The van der Waals surface area contributed by atoms with Gasteiger partial charge in [-0.2, -0.15) is 0 Å². The Morgan fingerprint density at radius 2 is 2.06 bits per heavy atom. The van der Waals surface area contributed by atoms with Gasteiger partial charge >= 0.3 is 0 Å². The highest BCUT2D eigenvalue weighted by molar-refractivity contribution is 6.04. The van der Waals surface area contributed by atoms with Crippen LogP contribution in [0.15, 0.2) is 55.8 Å².